The number of nitrogens with zero attached hydrogens (tertiary/aromatic N) is 4. The van der Waals surface area contributed by atoms with Crippen molar-refractivity contribution in [3.63, 3.8) is 0 Å². The molecular weight excluding hydrogens is 334 g/mol. The van der Waals surface area contributed by atoms with Crippen molar-refractivity contribution in [2.24, 2.45) is 5.10 Å². The van der Waals surface area contributed by atoms with Crippen LogP contribution in [0.1, 0.15) is 21.6 Å². The van der Waals surface area contributed by atoms with E-state index in [4.69, 9.17) is 4.74 Å². The first-order chi connectivity index (χ1) is 12.7. The largest absolute Gasteiger partial charge is 0.504 e. The molecular formula is C18H13N5O3. The third kappa shape index (κ3) is 2.63. The van der Waals surface area contributed by atoms with Gasteiger partial charge in [-0.15, -0.1) is 10.2 Å². The number of methoxy groups -OCH3 is 1. The fraction of sp³-hybridized carbons (Fsp3) is 0.0556. The van der Waals surface area contributed by atoms with Crippen LogP contribution in [0.2, 0.25) is 0 Å². The number of carbonyl (C=O) groups is 1. The normalized spacial score (nSPS) is 12.1. The van der Waals surface area contributed by atoms with Gasteiger partial charge in [0.05, 0.1) is 13.3 Å². The number of hydrogen-bond donors (Lipinski definition) is 2. The van der Waals surface area contributed by atoms with Crippen molar-refractivity contribution in [2.75, 3.05) is 12.5 Å². The quantitative estimate of drug-likeness (QED) is 0.430. The zero-order valence-electron chi connectivity index (χ0n) is 13.7. The number of aromatic hydroxyl groups is 1. The predicted octanol–water partition coefficient (Wildman–Crippen LogP) is 2.24. The smallest absolute Gasteiger partial charge is 0.263 e. The summed E-state index contributed by atoms with van der Waals surface area (Å²) >= 11 is 0. The number of phenolic OH excluding ortho intramolecular Hbond substituents is 1. The van der Waals surface area contributed by atoms with Crippen LogP contribution in [0.5, 0.6) is 11.5 Å². The van der Waals surface area contributed by atoms with Crippen LogP contribution in [0, 0.1) is 0 Å². The van der Waals surface area contributed by atoms with Crippen molar-refractivity contribution >= 4 is 17.9 Å². The molecule has 0 fully saturated rings. The number of aromatic nitrogens is 3. The highest BCUT2D eigenvalue weighted by atomic mass is 16.5. The van der Waals surface area contributed by atoms with E-state index < -0.39 is 0 Å². The molecule has 1 heterocycles. The van der Waals surface area contributed by atoms with Crippen LogP contribution in [-0.4, -0.2) is 39.4 Å². The van der Waals surface area contributed by atoms with Crippen molar-refractivity contribution < 1.29 is 14.6 Å². The molecule has 0 saturated heterocycles. The molecule has 8 heteroatoms. The molecule has 8 nitrogen and oxygen atoms in total. The number of ether oxygens (including phenoxy) is 1. The molecule has 1 aliphatic rings. The minimum atomic E-state index is -0.183. The van der Waals surface area contributed by atoms with E-state index in [-0.39, 0.29) is 23.2 Å². The molecule has 0 spiro atoms. The second-order valence-corrected chi connectivity index (χ2v) is 5.51. The van der Waals surface area contributed by atoms with Crippen LogP contribution < -0.4 is 10.2 Å². The van der Waals surface area contributed by atoms with E-state index >= 15 is 0 Å². The lowest BCUT2D eigenvalue weighted by Gasteiger charge is -2.03. The van der Waals surface area contributed by atoms with E-state index in [2.05, 4.69) is 25.7 Å². The number of rotatable bonds is 4. The van der Waals surface area contributed by atoms with Gasteiger partial charge in [-0.1, -0.05) is 24.3 Å². The summed E-state index contributed by atoms with van der Waals surface area (Å²) in [5.41, 5.74) is 5.31. The number of benzene rings is 2. The second-order valence-electron chi connectivity index (χ2n) is 5.51. The van der Waals surface area contributed by atoms with E-state index in [1.807, 2.05) is 12.1 Å². The topological polar surface area (TPSA) is 110 Å². The van der Waals surface area contributed by atoms with Crippen molar-refractivity contribution in [3.8, 4) is 22.8 Å². The Morgan fingerprint density at radius 1 is 1.12 bits per heavy atom. The van der Waals surface area contributed by atoms with Crippen LogP contribution >= 0.6 is 0 Å². The first-order valence-electron chi connectivity index (χ1n) is 7.72. The van der Waals surface area contributed by atoms with Crippen molar-refractivity contribution in [3.05, 3.63) is 59.3 Å². The number of nitrogens with one attached hydrogen (secondary N) is 1. The lowest BCUT2D eigenvalue weighted by atomic mass is 10.1. The lowest BCUT2D eigenvalue weighted by molar-refractivity contribution is 0.103. The minimum absolute atomic E-state index is 0.00950. The van der Waals surface area contributed by atoms with E-state index in [1.54, 1.807) is 24.3 Å². The van der Waals surface area contributed by atoms with Gasteiger partial charge in [0.25, 0.3) is 5.95 Å². The second kappa shape index (κ2) is 6.25. The van der Waals surface area contributed by atoms with Gasteiger partial charge in [-0.05, 0) is 23.8 Å². The molecule has 26 heavy (non-hydrogen) atoms. The van der Waals surface area contributed by atoms with E-state index in [9.17, 15) is 9.90 Å². The van der Waals surface area contributed by atoms with Crippen LogP contribution in [-0.2, 0) is 0 Å². The highest BCUT2D eigenvalue weighted by Crippen LogP contribution is 2.33. The Balaban J connectivity index is 1.54. The van der Waals surface area contributed by atoms with Crippen molar-refractivity contribution in [2.45, 2.75) is 0 Å². The van der Waals surface area contributed by atoms with Gasteiger partial charge in [-0.3, -0.25) is 4.79 Å². The van der Waals surface area contributed by atoms with Crippen LogP contribution in [0.3, 0.4) is 0 Å². The van der Waals surface area contributed by atoms with E-state index in [1.165, 1.54) is 19.4 Å². The molecule has 0 saturated carbocycles. The van der Waals surface area contributed by atoms with Gasteiger partial charge in [-0.2, -0.15) is 5.10 Å². The Hall–Kier alpha value is -3.81. The number of carbonyl (C=O) groups excluding carboxylic acids is 1. The number of ketones is 1. The Kier molecular flexibility index (Phi) is 3.77. The summed E-state index contributed by atoms with van der Waals surface area (Å²) in [5.74, 6) is 0.311. The number of phenols is 1. The summed E-state index contributed by atoms with van der Waals surface area (Å²) in [6, 6.07) is 12.0. The monoisotopic (exact) mass is 347 g/mol. The maximum Gasteiger partial charge on any atom is 0.263 e. The summed E-state index contributed by atoms with van der Waals surface area (Å²) in [5, 5.41) is 21.8. The molecule has 0 unspecified atom stereocenters. The van der Waals surface area contributed by atoms with Crippen LogP contribution in [0.15, 0.2) is 47.6 Å². The molecule has 0 aliphatic heterocycles. The highest BCUT2D eigenvalue weighted by molar-refractivity contribution is 6.19. The molecule has 3 aromatic rings. The first kappa shape index (κ1) is 15.7. The van der Waals surface area contributed by atoms with Crippen LogP contribution in [0.4, 0.5) is 5.95 Å². The zero-order valence-corrected chi connectivity index (χ0v) is 13.7. The number of anilines is 1. The molecule has 4 rings (SSSR count). The highest BCUT2D eigenvalue weighted by Gasteiger charge is 2.30. The van der Waals surface area contributed by atoms with Gasteiger partial charge in [-0.25, -0.2) is 10.4 Å². The molecule has 2 N–H and O–H groups in total. The van der Waals surface area contributed by atoms with Gasteiger partial charge < -0.3 is 9.84 Å². The van der Waals surface area contributed by atoms with Gasteiger partial charge in [0.1, 0.15) is 11.4 Å². The minimum Gasteiger partial charge on any atom is -0.504 e. The van der Waals surface area contributed by atoms with Gasteiger partial charge in [0.15, 0.2) is 11.5 Å². The molecule has 0 radical (unpaired) electrons. The molecule has 0 bridgehead atoms. The molecule has 1 aliphatic carbocycles. The average Bonchev–Trinajstić information content (AvgIpc) is 2.95. The average molecular weight is 347 g/mol. The Morgan fingerprint density at radius 2 is 1.92 bits per heavy atom. The molecule has 1 aromatic heterocycles. The third-order valence-electron chi connectivity index (χ3n) is 3.91. The molecule has 0 amide bonds. The zero-order chi connectivity index (χ0) is 18.1. The fourth-order valence-electron chi connectivity index (χ4n) is 2.68. The number of hydrogen-bond acceptors (Lipinski definition) is 8. The summed E-state index contributed by atoms with van der Waals surface area (Å²) in [4.78, 5) is 16.6. The number of hydrazone groups is 1. The fourth-order valence-corrected chi connectivity index (χ4v) is 2.68. The summed E-state index contributed by atoms with van der Waals surface area (Å²) < 4.78 is 4.98. The van der Waals surface area contributed by atoms with Gasteiger partial charge >= 0.3 is 0 Å². The van der Waals surface area contributed by atoms with E-state index in [0.717, 1.165) is 5.56 Å². The van der Waals surface area contributed by atoms with Gasteiger partial charge in [0.2, 0.25) is 5.78 Å². The Bertz CT molecular complexity index is 1050. The third-order valence-corrected chi connectivity index (χ3v) is 3.91. The molecule has 0 atom stereocenters. The van der Waals surface area contributed by atoms with Gasteiger partial charge in [0, 0.05) is 11.1 Å². The Morgan fingerprint density at radius 3 is 2.69 bits per heavy atom. The van der Waals surface area contributed by atoms with Crippen molar-refractivity contribution in [1.29, 1.82) is 0 Å². The maximum absolute atomic E-state index is 12.4. The molecule has 2 aromatic carbocycles. The summed E-state index contributed by atoms with van der Waals surface area (Å²) in [6.45, 7) is 0. The Labute approximate surface area is 148 Å². The van der Waals surface area contributed by atoms with Crippen molar-refractivity contribution in [1.82, 2.24) is 15.2 Å². The number of fused-ring (bicyclic) bond motifs is 3. The van der Waals surface area contributed by atoms with E-state index in [0.29, 0.717) is 22.6 Å². The summed E-state index contributed by atoms with van der Waals surface area (Å²) in [6.07, 6.45) is 1.48. The summed E-state index contributed by atoms with van der Waals surface area (Å²) in [7, 11) is 1.47. The predicted molar refractivity (Wildman–Crippen MR) is 94.6 cm³/mol. The lowest BCUT2D eigenvalue weighted by Crippen LogP contribution is -2.05. The van der Waals surface area contributed by atoms with Crippen LogP contribution in [0.25, 0.3) is 11.3 Å². The first-order valence-corrected chi connectivity index (χ1v) is 7.72. The standard InChI is InChI=1S/C18H13N5O3/c1-26-14-7-6-10(8-13(14)24)9-19-22-18-20-16-15(21-23-18)11-4-2-3-5-12(11)17(16)25/h2-9,24H,1H3,(H,20,22,23)/b19-9-. The molecule has 128 valence electrons. The maximum atomic E-state index is 12.4. The SMILES string of the molecule is COc1ccc(/C=N\Nc2nnc3c(n2)C(=O)c2ccccc2-3)cc1O.